The molecule has 1 heterocycles. The molecule has 80 valence electrons. The van der Waals surface area contributed by atoms with Crippen LogP contribution in [0, 0.1) is 43.2 Å². The molecule has 2 N–H and O–H groups in total. The third-order valence-electron chi connectivity index (χ3n) is 2.59. The first kappa shape index (κ1) is 12.3. The summed E-state index contributed by atoms with van der Waals surface area (Å²) in [5.74, 6) is 1.01. The van der Waals surface area contributed by atoms with E-state index in [4.69, 9.17) is 0 Å². The van der Waals surface area contributed by atoms with Crippen molar-refractivity contribution < 1.29 is 43.2 Å². The molecule has 0 spiro atoms. The molecule has 0 unspecified atom stereocenters. The Morgan fingerprint density at radius 1 is 1.25 bits per heavy atom. The number of nitrogens with one attached hydrogen (secondary N) is 2. The minimum absolute atomic E-state index is 0.307. The zero-order valence-electron chi connectivity index (χ0n) is 9.75. The molecule has 0 aliphatic rings. The fraction of sp³-hybridized carbons (Fsp3) is 0.250. The van der Waals surface area contributed by atoms with Crippen molar-refractivity contribution in [1.82, 2.24) is 10.3 Å². The summed E-state index contributed by atoms with van der Waals surface area (Å²) in [7, 11) is 0. The molecular weight excluding hydrogens is 412 g/mol. The number of hydrogen-bond acceptors (Lipinski definition) is 3. The van der Waals surface area contributed by atoms with Gasteiger partial charge in [0.2, 0.25) is 0 Å². The standard InChI is InChI=1S/C12H14N3.Ra.H/c1-2-14-8-9-3-5-11-10(7-9)4-6-12(13)15-11;;/h3-7,14H,2,8H2,1H3,(H-,13,15);;/q-1;+1;. The predicted molar refractivity (Wildman–Crippen MR) is 64.1 cm³/mol. The van der Waals surface area contributed by atoms with Crippen molar-refractivity contribution in [3.8, 4) is 0 Å². The van der Waals surface area contributed by atoms with Crippen LogP contribution in [0.15, 0.2) is 30.3 Å². The van der Waals surface area contributed by atoms with E-state index < -0.39 is 0 Å². The minimum atomic E-state index is 0.307. The maximum absolute atomic E-state index is 4.54. The molecule has 0 amide bonds. The van der Waals surface area contributed by atoms with E-state index in [0.717, 1.165) is 24.4 Å². The number of hydrogen-bond donors (Lipinski definition) is 2. The van der Waals surface area contributed by atoms with Crippen LogP contribution in [0.3, 0.4) is 0 Å². The molecule has 0 fully saturated rings. The molecule has 2 rings (SSSR count). The van der Waals surface area contributed by atoms with E-state index in [1.54, 1.807) is 0 Å². The van der Waals surface area contributed by atoms with Gasteiger partial charge < -0.3 is 0 Å². The summed E-state index contributed by atoms with van der Waals surface area (Å²) < 4.78 is 3.27. The predicted octanol–water partition coefficient (Wildman–Crippen LogP) is 1.95. The Hall–Kier alpha value is -0.142. The molecule has 0 atom stereocenters. The van der Waals surface area contributed by atoms with Gasteiger partial charge in [0.25, 0.3) is 0 Å². The van der Waals surface area contributed by atoms with Gasteiger partial charge in [0, 0.05) is 0 Å². The van der Waals surface area contributed by atoms with Crippen molar-refractivity contribution in [2.75, 3.05) is 7.39 Å². The maximum atomic E-state index is 4.54. The van der Waals surface area contributed by atoms with Crippen molar-refractivity contribution in [2.45, 2.75) is 13.5 Å². The van der Waals surface area contributed by atoms with E-state index in [2.05, 4.69) is 48.4 Å². The SMILES string of the molecule is CCNCc1ccc2nc([NH][RaH])ccc2c1. The van der Waals surface area contributed by atoms with Gasteiger partial charge in [-0.05, 0) is 0 Å². The van der Waals surface area contributed by atoms with Crippen LogP contribution in [0.4, 0.5) is 5.82 Å². The number of pyridine rings is 1. The Bertz CT molecular complexity index is 485. The molecule has 1 aromatic heterocycles. The molecule has 0 saturated carbocycles. The third kappa shape index (κ3) is 2.95. The monoisotopic (exact) mass is 427 g/mol. The quantitative estimate of drug-likeness (QED) is 0.784. The number of aromatic nitrogens is 1. The Labute approximate surface area is 126 Å². The molecular formula is C12H15N3Ra. The van der Waals surface area contributed by atoms with E-state index in [0.29, 0.717) is 43.2 Å². The molecule has 4 heteroatoms. The van der Waals surface area contributed by atoms with E-state index in [9.17, 15) is 0 Å². The second kappa shape index (κ2) is 5.97. The van der Waals surface area contributed by atoms with E-state index >= 15 is 0 Å². The molecule has 2 aromatic rings. The van der Waals surface area contributed by atoms with E-state index in [1.807, 2.05) is 0 Å². The fourth-order valence-corrected chi connectivity index (χ4v) is 2.84. The van der Waals surface area contributed by atoms with Gasteiger partial charge in [-0.2, -0.15) is 0 Å². The average molecular weight is 427 g/mol. The van der Waals surface area contributed by atoms with Crippen LogP contribution >= 0.6 is 0 Å². The number of rotatable bonds is 4. The molecule has 1 aromatic carbocycles. The second-order valence-corrected chi connectivity index (χ2v) is 5.81. The van der Waals surface area contributed by atoms with E-state index in [-0.39, 0.29) is 0 Å². The fourth-order valence-electron chi connectivity index (χ4n) is 1.69. The van der Waals surface area contributed by atoms with E-state index in [1.165, 1.54) is 10.9 Å². The summed E-state index contributed by atoms with van der Waals surface area (Å²) >= 11 is 0.307. The topological polar surface area (TPSA) is 37.0 Å². The Balaban J connectivity index is 2.32. The van der Waals surface area contributed by atoms with Crippen LogP contribution in [-0.4, -0.2) is 11.5 Å². The van der Waals surface area contributed by atoms with Crippen LogP contribution < -0.4 is 6.17 Å². The summed E-state index contributed by atoms with van der Waals surface area (Å²) in [6.07, 6.45) is 0. The van der Waals surface area contributed by atoms with Crippen molar-refractivity contribution >= 4 is 16.7 Å². The molecule has 0 aliphatic carbocycles. The first-order valence-corrected chi connectivity index (χ1v) is 9.72. The second-order valence-electron chi connectivity index (χ2n) is 3.75. The van der Waals surface area contributed by atoms with Crippen molar-refractivity contribution in [2.24, 2.45) is 0 Å². The molecule has 0 saturated heterocycles. The molecule has 3 nitrogen and oxygen atoms in total. The summed E-state index contributed by atoms with van der Waals surface area (Å²) in [5, 5.41) is 4.54. The number of benzene rings is 1. The van der Waals surface area contributed by atoms with Crippen LogP contribution in [0.1, 0.15) is 12.5 Å². The number of nitrogens with zero attached hydrogens (tertiary/aromatic N) is 1. The average Bonchev–Trinajstić information content (AvgIpc) is 2.35. The number of anilines is 1. The normalized spacial score (nSPS) is 10.5. The molecule has 16 heavy (non-hydrogen) atoms. The first-order valence-electron chi connectivity index (χ1n) is 5.61. The summed E-state index contributed by atoms with van der Waals surface area (Å²) in [6, 6.07) is 10.6. The first-order chi connectivity index (χ1) is 7.83. The van der Waals surface area contributed by atoms with Gasteiger partial charge in [-0.3, -0.25) is 0 Å². The zero-order valence-corrected chi connectivity index (χ0v) is 18.0. The van der Waals surface area contributed by atoms with Crippen molar-refractivity contribution in [3.63, 3.8) is 0 Å². The third-order valence-corrected chi connectivity index (χ3v) is 4.69. The van der Waals surface area contributed by atoms with Gasteiger partial charge >= 0.3 is 127 Å². The summed E-state index contributed by atoms with van der Waals surface area (Å²) in [6.45, 7) is 4.05. The van der Waals surface area contributed by atoms with Gasteiger partial charge in [-0.15, -0.1) is 0 Å². The number of fused-ring (bicyclic) bond motifs is 1. The molecule has 0 aliphatic heterocycles. The molecule has 0 bridgehead atoms. The van der Waals surface area contributed by atoms with Crippen LogP contribution in [0.5, 0.6) is 0 Å². The molecule has 0 radical (unpaired) electrons. The van der Waals surface area contributed by atoms with Gasteiger partial charge in [0.1, 0.15) is 0 Å². The van der Waals surface area contributed by atoms with Gasteiger partial charge in [0.15, 0.2) is 0 Å². The Kier molecular flexibility index (Phi) is 4.60. The summed E-state index contributed by atoms with van der Waals surface area (Å²) in [4.78, 5) is 4.54. The Morgan fingerprint density at radius 3 is 2.88 bits per heavy atom. The van der Waals surface area contributed by atoms with Crippen molar-refractivity contribution in [3.05, 3.63) is 35.9 Å². The summed E-state index contributed by atoms with van der Waals surface area (Å²) in [5.41, 5.74) is 2.38. The zero-order chi connectivity index (χ0) is 11.4. The van der Waals surface area contributed by atoms with Gasteiger partial charge in [-0.1, -0.05) is 0 Å². The Morgan fingerprint density at radius 2 is 2.12 bits per heavy atom. The van der Waals surface area contributed by atoms with Gasteiger partial charge in [0.05, 0.1) is 0 Å². The van der Waals surface area contributed by atoms with Crippen LogP contribution in [0.2, 0.25) is 0 Å². The van der Waals surface area contributed by atoms with Crippen LogP contribution in [0.25, 0.3) is 10.9 Å². The van der Waals surface area contributed by atoms with Crippen molar-refractivity contribution in [1.29, 1.82) is 0 Å². The van der Waals surface area contributed by atoms with Crippen LogP contribution in [-0.2, 0) is 6.54 Å². The van der Waals surface area contributed by atoms with Gasteiger partial charge in [-0.25, -0.2) is 0 Å².